The number of nitriles is 2. The van der Waals surface area contributed by atoms with Crippen molar-refractivity contribution in [3.05, 3.63) is 34.6 Å². The lowest BCUT2D eigenvalue weighted by molar-refractivity contribution is 0.115. The van der Waals surface area contributed by atoms with E-state index in [9.17, 15) is 10.5 Å². The van der Waals surface area contributed by atoms with Gasteiger partial charge < -0.3 is 20.4 Å². The molecule has 11 nitrogen and oxygen atoms in total. The molecule has 2 saturated heterocycles. The quantitative estimate of drug-likeness (QED) is 0.490. The summed E-state index contributed by atoms with van der Waals surface area (Å²) in [6, 6.07) is 8.93. The smallest absolute Gasteiger partial charge is 0.247 e. The van der Waals surface area contributed by atoms with Crippen LogP contribution in [0.3, 0.4) is 0 Å². The average molecular weight is 532 g/mol. The molecule has 2 aromatic heterocycles. The molecule has 0 radical (unpaired) electrons. The van der Waals surface area contributed by atoms with Crippen molar-refractivity contribution in [2.24, 2.45) is 0 Å². The Morgan fingerprint density at radius 1 is 1.00 bits per heavy atom. The van der Waals surface area contributed by atoms with Crippen LogP contribution in [-0.2, 0) is 0 Å². The number of nitrogens with zero attached hydrogens (tertiary/aromatic N) is 9. The Morgan fingerprint density at radius 2 is 1.76 bits per heavy atom. The number of nitrogens with one attached hydrogen (secondary N) is 2. The van der Waals surface area contributed by atoms with Crippen molar-refractivity contribution in [2.45, 2.75) is 37.8 Å². The highest BCUT2D eigenvalue weighted by Gasteiger charge is 2.28. The summed E-state index contributed by atoms with van der Waals surface area (Å²) in [5.41, 5.74) is 2.69. The summed E-state index contributed by atoms with van der Waals surface area (Å²) >= 11 is 6.94. The molecular weight excluding hydrogens is 502 g/mol. The molecule has 0 bridgehead atoms. The van der Waals surface area contributed by atoms with Gasteiger partial charge in [-0.15, -0.1) is 5.10 Å². The minimum absolute atomic E-state index is 0.269. The first-order chi connectivity index (χ1) is 18.5. The lowest BCUT2D eigenvalue weighted by Gasteiger charge is -2.43. The van der Waals surface area contributed by atoms with Gasteiger partial charge in [-0.05, 0) is 58.0 Å². The fourth-order valence-electron chi connectivity index (χ4n) is 5.33. The number of aromatic nitrogens is 4. The molecule has 1 saturated carbocycles. The predicted octanol–water partition coefficient (Wildman–Crippen LogP) is 3.06. The van der Waals surface area contributed by atoms with Gasteiger partial charge in [0.25, 0.3) is 0 Å². The zero-order valence-electron chi connectivity index (χ0n) is 21.4. The van der Waals surface area contributed by atoms with Crippen molar-refractivity contribution in [3.8, 4) is 12.1 Å². The van der Waals surface area contributed by atoms with Gasteiger partial charge in [0.1, 0.15) is 6.07 Å². The molecule has 6 rings (SSSR count). The van der Waals surface area contributed by atoms with E-state index in [0.717, 1.165) is 57.8 Å². The van der Waals surface area contributed by atoms with Crippen LogP contribution in [0.15, 0.2) is 18.3 Å². The highest BCUT2D eigenvalue weighted by Crippen LogP contribution is 2.37. The Hall–Kier alpha value is -3.64. The number of likely N-dealkylation sites (tertiary alicyclic amines) is 1. The number of benzene rings is 1. The molecule has 2 aliphatic heterocycles. The molecule has 1 aliphatic carbocycles. The van der Waals surface area contributed by atoms with Gasteiger partial charge in [0.15, 0.2) is 17.2 Å². The highest BCUT2D eigenvalue weighted by atomic mass is 35.5. The first kappa shape index (κ1) is 24.7. The van der Waals surface area contributed by atoms with Crippen LogP contribution in [0, 0.1) is 22.7 Å². The Balaban J connectivity index is 1.25. The first-order valence-corrected chi connectivity index (χ1v) is 13.5. The molecular formula is C26H30ClN11. The number of anilines is 4. The van der Waals surface area contributed by atoms with Gasteiger partial charge in [0.05, 0.1) is 34.2 Å². The highest BCUT2D eigenvalue weighted by molar-refractivity contribution is 6.36. The number of rotatable bonds is 6. The summed E-state index contributed by atoms with van der Waals surface area (Å²) < 4.78 is 1.48. The zero-order chi connectivity index (χ0) is 26.2. The molecule has 196 valence electrons. The molecule has 38 heavy (non-hydrogen) atoms. The molecule has 2 N–H and O–H groups in total. The Kier molecular flexibility index (Phi) is 6.66. The van der Waals surface area contributed by atoms with E-state index < -0.39 is 0 Å². The van der Waals surface area contributed by atoms with Crippen molar-refractivity contribution >= 4 is 40.4 Å². The molecule has 1 aromatic carbocycles. The Bertz CT molecular complexity index is 1420. The van der Waals surface area contributed by atoms with E-state index in [4.69, 9.17) is 11.6 Å². The van der Waals surface area contributed by atoms with Crippen LogP contribution >= 0.6 is 11.6 Å². The summed E-state index contributed by atoms with van der Waals surface area (Å²) in [6.07, 6.45) is 6.03. The van der Waals surface area contributed by atoms with Crippen LogP contribution in [0.4, 0.5) is 23.1 Å². The summed E-state index contributed by atoms with van der Waals surface area (Å²) in [5.74, 6) is 0.828. The van der Waals surface area contributed by atoms with Gasteiger partial charge in [0, 0.05) is 38.3 Å². The summed E-state index contributed by atoms with van der Waals surface area (Å²) in [4.78, 5) is 16.2. The Labute approximate surface area is 226 Å². The number of hydrogen-bond donors (Lipinski definition) is 2. The van der Waals surface area contributed by atoms with Crippen molar-refractivity contribution in [1.82, 2.24) is 29.4 Å². The predicted molar refractivity (Wildman–Crippen MR) is 146 cm³/mol. The van der Waals surface area contributed by atoms with Crippen LogP contribution in [0.1, 0.15) is 36.9 Å². The number of hydrogen-bond acceptors (Lipinski definition) is 10. The third-order valence-electron chi connectivity index (χ3n) is 7.68. The van der Waals surface area contributed by atoms with Crippen molar-refractivity contribution in [3.63, 3.8) is 0 Å². The van der Waals surface area contributed by atoms with Gasteiger partial charge in [-0.3, -0.25) is 4.90 Å². The summed E-state index contributed by atoms with van der Waals surface area (Å²) in [6.45, 7) is 5.93. The van der Waals surface area contributed by atoms with Gasteiger partial charge in [-0.2, -0.15) is 20.0 Å². The number of fused-ring (bicyclic) bond motifs is 1. The van der Waals surface area contributed by atoms with E-state index >= 15 is 0 Å². The van der Waals surface area contributed by atoms with E-state index in [0.29, 0.717) is 45.5 Å². The average Bonchev–Trinajstić information content (AvgIpc) is 3.66. The SMILES string of the molecule is CN1CCC(N2CCN(c3cc(C#N)cc(Nc4nc(NC5CC5)c5ncc(C#N)n5n4)c3Cl)CC2)CC1. The fraction of sp³-hybridized carbons (Fsp3) is 0.500. The molecule has 3 fully saturated rings. The van der Waals surface area contributed by atoms with Gasteiger partial charge in [-0.1, -0.05) is 11.6 Å². The van der Waals surface area contributed by atoms with Crippen molar-refractivity contribution in [1.29, 1.82) is 10.5 Å². The largest absolute Gasteiger partial charge is 0.368 e. The number of halogens is 1. The van der Waals surface area contributed by atoms with E-state index in [-0.39, 0.29) is 5.95 Å². The fourth-order valence-corrected chi connectivity index (χ4v) is 5.61. The minimum Gasteiger partial charge on any atom is -0.368 e. The second-order valence-corrected chi connectivity index (χ2v) is 10.7. The molecule has 0 amide bonds. The van der Waals surface area contributed by atoms with Crippen LogP contribution < -0.4 is 15.5 Å². The van der Waals surface area contributed by atoms with Crippen molar-refractivity contribution < 1.29 is 0 Å². The maximum Gasteiger partial charge on any atom is 0.247 e. The van der Waals surface area contributed by atoms with E-state index in [2.05, 4.69) is 59.6 Å². The van der Waals surface area contributed by atoms with Crippen LogP contribution in [0.25, 0.3) is 5.65 Å². The van der Waals surface area contributed by atoms with Crippen LogP contribution in [0.5, 0.6) is 0 Å². The van der Waals surface area contributed by atoms with E-state index in [1.54, 1.807) is 6.07 Å². The molecule has 0 spiro atoms. The Morgan fingerprint density at radius 3 is 2.45 bits per heavy atom. The number of piperazine rings is 1. The molecule has 0 unspecified atom stereocenters. The standard InChI is InChI=1S/C26H30ClN11/c1-35-6-4-19(5-7-35)36-8-10-37(11-9-36)22-13-17(14-28)12-21(23(22)27)32-26-33-24(31-18-2-3-18)25-30-16-20(15-29)38(25)34-26/h12-13,16,18-19H,2-11H2,1H3,(H2,31,32,33,34). The van der Waals surface area contributed by atoms with Crippen molar-refractivity contribution in [2.75, 3.05) is 61.8 Å². The van der Waals surface area contributed by atoms with Crippen LogP contribution in [-0.4, -0.2) is 87.8 Å². The number of piperidine rings is 1. The molecule has 12 heteroatoms. The third kappa shape index (κ3) is 4.93. The van der Waals surface area contributed by atoms with E-state index in [1.807, 2.05) is 6.07 Å². The van der Waals surface area contributed by atoms with Gasteiger partial charge in [0.2, 0.25) is 5.95 Å². The van der Waals surface area contributed by atoms with Crippen LogP contribution in [0.2, 0.25) is 5.02 Å². The first-order valence-electron chi connectivity index (χ1n) is 13.1. The topological polar surface area (TPSA) is 124 Å². The van der Waals surface area contributed by atoms with Gasteiger partial charge in [-0.25, -0.2) is 4.98 Å². The monoisotopic (exact) mass is 531 g/mol. The normalized spacial score (nSPS) is 19.3. The summed E-state index contributed by atoms with van der Waals surface area (Å²) in [7, 11) is 2.19. The zero-order valence-corrected chi connectivity index (χ0v) is 22.1. The second kappa shape index (κ2) is 10.3. The molecule has 3 aromatic rings. The lowest BCUT2D eigenvalue weighted by atomic mass is 10.0. The van der Waals surface area contributed by atoms with Gasteiger partial charge >= 0.3 is 0 Å². The molecule has 3 aliphatic rings. The maximum absolute atomic E-state index is 9.77. The third-order valence-corrected chi connectivity index (χ3v) is 8.08. The minimum atomic E-state index is 0.269. The second-order valence-electron chi connectivity index (χ2n) is 10.3. The summed E-state index contributed by atoms with van der Waals surface area (Å²) in [5, 5.41) is 30.9. The molecule has 0 atom stereocenters. The van der Waals surface area contributed by atoms with E-state index in [1.165, 1.54) is 23.6 Å². The lowest BCUT2D eigenvalue weighted by Crippen LogP contribution is -2.53. The maximum atomic E-state index is 9.77. The molecule has 4 heterocycles. The number of imidazole rings is 1.